The van der Waals surface area contributed by atoms with Gasteiger partial charge in [0.2, 0.25) is 5.95 Å². The molecule has 6 nitrogen and oxygen atoms in total. The van der Waals surface area contributed by atoms with Crippen LogP contribution in [-0.4, -0.2) is 57.9 Å². The molecule has 2 saturated heterocycles. The molecule has 2 fully saturated rings. The minimum Gasteiger partial charge on any atom is -0.507 e. The summed E-state index contributed by atoms with van der Waals surface area (Å²) in [4.78, 5) is 9.37. The number of hydrogen-bond acceptors (Lipinski definition) is 6. The van der Waals surface area contributed by atoms with Crippen LogP contribution in [0.25, 0.3) is 11.3 Å². The van der Waals surface area contributed by atoms with Gasteiger partial charge in [-0.25, -0.2) is 4.98 Å². The van der Waals surface area contributed by atoms with Crippen molar-refractivity contribution >= 4 is 17.5 Å². The van der Waals surface area contributed by atoms with Crippen LogP contribution in [0.15, 0.2) is 18.2 Å². The minimum atomic E-state index is 0.0922. The van der Waals surface area contributed by atoms with Crippen LogP contribution in [0.2, 0.25) is 5.02 Å². The van der Waals surface area contributed by atoms with Crippen molar-refractivity contribution in [2.75, 3.05) is 31.6 Å². The lowest BCUT2D eigenvalue weighted by molar-refractivity contribution is 0.207. The van der Waals surface area contributed by atoms with Gasteiger partial charge in [-0.3, -0.25) is 0 Å². The molecule has 3 heterocycles. The highest BCUT2D eigenvalue weighted by Crippen LogP contribution is 2.35. The van der Waals surface area contributed by atoms with Crippen LogP contribution < -0.4 is 4.90 Å². The number of fused-ring (bicyclic) bond motifs is 1. The van der Waals surface area contributed by atoms with Crippen molar-refractivity contribution in [3.05, 3.63) is 28.9 Å². The van der Waals surface area contributed by atoms with E-state index in [1.165, 1.54) is 25.5 Å². The molecular formula is C18H22ClN5O. The second-order valence-electron chi connectivity index (χ2n) is 7.07. The number of likely N-dealkylation sites (N-methyl/N-ethyl adjacent to an activating group) is 1. The van der Waals surface area contributed by atoms with Crippen molar-refractivity contribution in [1.29, 1.82) is 0 Å². The Morgan fingerprint density at radius 3 is 2.76 bits per heavy atom. The number of anilines is 1. The number of benzene rings is 1. The maximum Gasteiger partial charge on any atom is 0.245 e. The van der Waals surface area contributed by atoms with Gasteiger partial charge in [-0.05, 0) is 57.5 Å². The predicted molar refractivity (Wildman–Crippen MR) is 98.0 cm³/mol. The van der Waals surface area contributed by atoms with Gasteiger partial charge in [-0.1, -0.05) is 11.6 Å². The lowest BCUT2D eigenvalue weighted by atomic mass is 9.92. The third kappa shape index (κ3) is 3.04. The summed E-state index contributed by atoms with van der Waals surface area (Å²) in [6.07, 6.45) is 2.43. The molecule has 1 N–H and O–H groups in total. The van der Waals surface area contributed by atoms with Gasteiger partial charge in [0, 0.05) is 29.7 Å². The van der Waals surface area contributed by atoms with Gasteiger partial charge in [0.15, 0.2) is 0 Å². The molecule has 1 aromatic heterocycles. The van der Waals surface area contributed by atoms with Crippen LogP contribution in [0.3, 0.4) is 0 Å². The first-order valence-electron chi connectivity index (χ1n) is 8.68. The van der Waals surface area contributed by atoms with Gasteiger partial charge in [-0.2, -0.15) is 0 Å². The average molecular weight is 360 g/mol. The number of halogens is 1. The molecule has 132 valence electrons. The molecule has 0 radical (unpaired) electrons. The number of piperidine rings is 1. The number of rotatable bonds is 2. The van der Waals surface area contributed by atoms with Crippen LogP contribution in [0, 0.1) is 12.8 Å². The topological polar surface area (TPSA) is 65.4 Å². The van der Waals surface area contributed by atoms with E-state index in [9.17, 15) is 5.11 Å². The summed E-state index contributed by atoms with van der Waals surface area (Å²) < 4.78 is 0. The van der Waals surface area contributed by atoms with E-state index in [1.54, 1.807) is 12.1 Å². The standard InChI is InChI=1S/C18H22ClN5O/c1-11-17(14-4-3-13(19)9-16(14)25)21-22-18(20-11)24-8-6-12-5-7-23(2)10-15(12)24/h3-4,9,12,15,25H,5-8,10H2,1-2H3/t12-,15-/m0/s1. The van der Waals surface area contributed by atoms with E-state index in [-0.39, 0.29) is 5.75 Å². The third-order valence-electron chi connectivity index (χ3n) is 5.39. The van der Waals surface area contributed by atoms with Crippen molar-refractivity contribution in [2.45, 2.75) is 25.8 Å². The second-order valence-corrected chi connectivity index (χ2v) is 7.50. The Morgan fingerprint density at radius 1 is 1.20 bits per heavy atom. The van der Waals surface area contributed by atoms with Crippen LogP contribution in [-0.2, 0) is 0 Å². The largest absolute Gasteiger partial charge is 0.507 e. The number of nitrogens with zero attached hydrogens (tertiary/aromatic N) is 5. The van der Waals surface area contributed by atoms with Crippen molar-refractivity contribution in [1.82, 2.24) is 20.1 Å². The number of phenols is 1. The first-order valence-corrected chi connectivity index (χ1v) is 9.06. The Kier molecular flexibility index (Phi) is 4.25. The van der Waals surface area contributed by atoms with Gasteiger partial charge in [0.25, 0.3) is 0 Å². The molecule has 2 aliphatic rings. The van der Waals surface area contributed by atoms with Gasteiger partial charge in [0.1, 0.15) is 11.4 Å². The van der Waals surface area contributed by atoms with E-state index in [0.717, 1.165) is 24.7 Å². The lowest BCUT2D eigenvalue weighted by Crippen LogP contribution is -2.47. The van der Waals surface area contributed by atoms with Crippen LogP contribution in [0.4, 0.5) is 5.95 Å². The zero-order valence-corrected chi connectivity index (χ0v) is 15.2. The normalized spacial score (nSPS) is 23.7. The summed E-state index contributed by atoms with van der Waals surface area (Å²) >= 11 is 5.91. The molecule has 0 unspecified atom stereocenters. The second kappa shape index (κ2) is 6.42. The SMILES string of the molecule is Cc1nc(N2CC[C@@H]3CCN(C)C[C@@H]32)nnc1-c1ccc(Cl)cc1O. The minimum absolute atomic E-state index is 0.0922. The lowest BCUT2D eigenvalue weighted by Gasteiger charge is -2.36. The smallest absolute Gasteiger partial charge is 0.245 e. The molecule has 0 amide bonds. The molecule has 2 aliphatic heterocycles. The number of aryl methyl sites for hydroxylation is 1. The summed E-state index contributed by atoms with van der Waals surface area (Å²) in [6.45, 7) is 5.10. The first kappa shape index (κ1) is 16.5. The molecule has 0 spiro atoms. The molecule has 7 heteroatoms. The van der Waals surface area contributed by atoms with Crippen LogP contribution in [0.1, 0.15) is 18.5 Å². The zero-order valence-electron chi connectivity index (χ0n) is 14.5. The highest BCUT2D eigenvalue weighted by atomic mass is 35.5. The van der Waals surface area contributed by atoms with Crippen LogP contribution >= 0.6 is 11.6 Å². The summed E-state index contributed by atoms with van der Waals surface area (Å²) in [5, 5.41) is 19.4. The van der Waals surface area contributed by atoms with Gasteiger partial charge in [-0.15, -0.1) is 10.2 Å². The predicted octanol–water partition coefficient (Wildman–Crippen LogP) is 2.74. The van der Waals surface area contributed by atoms with E-state index in [2.05, 4.69) is 27.0 Å². The molecule has 1 aromatic carbocycles. The van der Waals surface area contributed by atoms with Crippen LogP contribution in [0.5, 0.6) is 5.75 Å². The number of hydrogen-bond donors (Lipinski definition) is 1. The summed E-state index contributed by atoms with van der Waals surface area (Å²) in [7, 11) is 2.17. The maximum absolute atomic E-state index is 10.1. The van der Waals surface area contributed by atoms with E-state index in [1.807, 2.05) is 6.92 Å². The molecule has 25 heavy (non-hydrogen) atoms. The van der Waals surface area contributed by atoms with Gasteiger partial charge in [0.05, 0.1) is 5.69 Å². The fourth-order valence-electron chi connectivity index (χ4n) is 4.01. The number of phenolic OH excluding ortho intramolecular Hbond substituents is 1. The fraction of sp³-hybridized carbons (Fsp3) is 0.500. The Labute approximate surface area is 152 Å². The number of aromatic nitrogens is 3. The summed E-state index contributed by atoms with van der Waals surface area (Å²) in [5.41, 5.74) is 1.95. The molecule has 2 atom stereocenters. The van der Waals surface area contributed by atoms with Gasteiger partial charge >= 0.3 is 0 Å². The molecule has 4 rings (SSSR count). The van der Waals surface area contributed by atoms with Crippen molar-refractivity contribution in [2.24, 2.45) is 5.92 Å². The average Bonchev–Trinajstić information content (AvgIpc) is 2.98. The molecule has 0 saturated carbocycles. The van der Waals surface area contributed by atoms with E-state index >= 15 is 0 Å². The van der Waals surface area contributed by atoms with E-state index in [4.69, 9.17) is 16.6 Å². The summed E-state index contributed by atoms with van der Waals surface area (Å²) in [5.74, 6) is 1.51. The molecule has 0 aliphatic carbocycles. The first-order chi connectivity index (χ1) is 12.0. The van der Waals surface area contributed by atoms with Gasteiger partial charge < -0.3 is 14.9 Å². The fourth-order valence-corrected chi connectivity index (χ4v) is 4.18. The molecule has 0 bridgehead atoms. The Bertz CT molecular complexity index is 799. The third-order valence-corrected chi connectivity index (χ3v) is 5.62. The number of aromatic hydroxyl groups is 1. The highest BCUT2D eigenvalue weighted by molar-refractivity contribution is 6.30. The van der Waals surface area contributed by atoms with Crippen molar-refractivity contribution in [3.8, 4) is 17.0 Å². The monoisotopic (exact) mass is 359 g/mol. The molecular weight excluding hydrogens is 338 g/mol. The van der Waals surface area contributed by atoms with E-state index in [0.29, 0.717) is 28.3 Å². The Balaban J connectivity index is 1.64. The van der Waals surface area contributed by atoms with Crippen molar-refractivity contribution < 1.29 is 5.11 Å². The maximum atomic E-state index is 10.1. The van der Waals surface area contributed by atoms with E-state index < -0.39 is 0 Å². The number of likely N-dealkylation sites (tertiary alicyclic amines) is 1. The summed E-state index contributed by atoms with van der Waals surface area (Å²) in [6, 6.07) is 5.45. The Hall–Kier alpha value is -1.92. The zero-order chi connectivity index (χ0) is 17.6. The quantitative estimate of drug-likeness (QED) is 0.889. The highest BCUT2D eigenvalue weighted by Gasteiger charge is 2.38. The molecule has 2 aromatic rings. The van der Waals surface area contributed by atoms with Crippen molar-refractivity contribution in [3.63, 3.8) is 0 Å². The Morgan fingerprint density at radius 2 is 2.00 bits per heavy atom.